The lowest BCUT2D eigenvalue weighted by Crippen LogP contribution is -2.60. The van der Waals surface area contributed by atoms with E-state index in [0.29, 0.717) is 25.8 Å². The summed E-state index contributed by atoms with van der Waals surface area (Å²) in [6.07, 6.45) is 9.43. The van der Waals surface area contributed by atoms with E-state index in [1.165, 1.54) is 6.92 Å². The minimum atomic E-state index is -1.25. The number of thiol groups is 1. The number of nitrogens with zero attached hydrogens (tertiary/aromatic N) is 1. The van der Waals surface area contributed by atoms with Crippen molar-refractivity contribution in [2.75, 3.05) is 12.3 Å². The fraction of sp³-hybridized carbons (Fsp3) is 0.815. The number of rotatable bonds is 17. The first-order chi connectivity index (χ1) is 18.5. The molecule has 11 nitrogen and oxygen atoms in total. The Bertz CT molecular complexity index is 808. The Morgan fingerprint density at radius 2 is 1.59 bits per heavy atom. The molecule has 0 aromatic carbocycles. The average molecular weight is 570 g/mol. The summed E-state index contributed by atoms with van der Waals surface area (Å²) in [5.74, 6) is -2.43. The quantitative estimate of drug-likeness (QED) is 0.108. The van der Waals surface area contributed by atoms with Crippen LogP contribution in [0.5, 0.6) is 0 Å². The van der Waals surface area contributed by atoms with Crippen LogP contribution < -0.4 is 27.8 Å². The van der Waals surface area contributed by atoms with Crippen LogP contribution in [0.1, 0.15) is 85.0 Å². The molecule has 1 aliphatic carbocycles. The molecule has 0 aromatic rings. The molecule has 1 saturated carbocycles. The summed E-state index contributed by atoms with van der Waals surface area (Å²) in [7, 11) is 0. The van der Waals surface area contributed by atoms with Gasteiger partial charge < -0.3 is 27.8 Å². The summed E-state index contributed by atoms with van der Waals surface area (Å²) in [5, 5.41) is 5.22. The molecule has 0 bridgehead atoms. The first-order valence-corrected chi connectivity index (χ1v) is 14.8. The zero-order valence-electron chi connectivity index (χ0n) is 23.7. The van der Waals surface area contributed by atoms with Crippen LogP contribution in [-0.2, 0) is 24.0 Å². The van der Waals surface area contributed by atoms with Crippen LogP contribution in [0, 0.1) is 11.8 Å². The van der Waals surface area contributed by atoms with Gasteiger partial charge in [-0.05, 0) is 51.0 Å². The van der Waals surface area contributed by atoms with E-state index in [2.05, 4.69) is 23.3 Å². The maximum atomic E-state index is 13.7. The molecule has 0 aromatic heterocycles. The SMILES string of the molecule is CC(C)C[C@H](NC(=O)[C@H](C)NC(=O)[C@@H](N)CCCCN)C(=O)N(C(=O)[C@@H](N)CC1CCCCC1)[C@H]([C]=O)CS. The molecule has 8 N–H and O–H groups in total. The zero-order valence-corrected chi connectivity index (χ0v) is 24.6. The molecule has 0 unspecified atom stereocenters. The Hall–Kier alpha value is -2.02. The summed E-state index contributed by atoms with van der Waals surface area (Å²) in [6, 6.07) is -5.13. The van der Waals surface area contributed by atoms with Gasteiger partial charge in [-0.25, -0.2) is 0 Å². The molecular formula is C27H49N6O5S. The van der Waals surface area contributed by atoms with Gasteiger partial charge >= 0.3 is 0 Å². The third-order valence-corrected chi connectivity index (χ3v) is 7.45. The van der Waals surface area contributed by atoms with Crippen molar-refractivity contribution in [3.63, 3.8) is 0 Å². The van der Waals surface area contributed by atoms with Crippen LogP contribution >= 0.6 is 12.6 Å². The number of carbonyl (C=O) groups is 4. The molecule has 39 heavy (non-hydrogen) atoms. The number of carbonyl (C=O) groups excluding carboxylic acids is 5. The Labute approximate surface area is 238 Å². The summed E-state index contributed by atoms with van der Waals surface area (Å²) in [4.78, 5) is 65.1. The topological polar surface area (TPSA) is 191 Å². The fourth-order valence-electron chi connectivity index (χ4n) is 4.83. The van der Waals surface area contributed by atoms with E-state index in [1.54, 1.807) is 6.29 Å². The van der Waals surface area contributed by atoms with Crippen LogP contribution in [-0.4, -0.2) is 77.3 Å². The highest BCUT2D eigenvalue weighted by Gasteiger charge is 2.38. The highest BCUT2D eigenvalue weighted by molar-refractivity contribution is 7.80. The van der Waals surface area contributed by atoms with Crippen LogP contribution in [0.15, 0.2) is 0 Å². The predicted octanol–water partition coefficient (Wildman–Crippen LogP) is 0.539. The standard InChI is InChI=1S/C27H49N6O5S/c1-17(2)13-23(32-24(35)18(3)31-25(36)21(29)11-7-8-12-28)27(38)33(20(15-34)16-39)26(37)22(30)14-19-9-5-4-6-10-19/h17-23,39H,4-14,16,28-30H2,1-3H3,(H,31,36)(H,32,35)/t18-,20+,21-,22-,23-/m0/s1. The Morgan fingerprint density at radius 1 is 0.949 bits per heavy atom. The van der Waals surface area contributed by atoms with Crippen molar-refractivity contribution >= 4 is 42.5 Å². The normalized spacial score (nSPS) is 17.9. The highest BCUT2D eigenvalue weighted by atomic mass is 32.1. The van der Waals surface area contributed by atoms with Gasteiger partial charge in [0.1, 0.15) is 18.1 Å². The van der Waals surface area contributed by atoms with Crippen molar-refractivity contribution in [2.45, 2.75) is 115 Å². The minimum absolute atomic E-state index is 0.0392. The van der Waals surface area contributed by atoms with E-state index in [9.17, 15) is 24.0 Å². The van der Waals surface area contributed by atoms with E-state index in [-0.39, 0.29) is 24.0 Å². The molecule has 0 spiro atoms. The maximum Gasteiger partial charge on any atom is 0.252 e. The molecule has 0 aliphatic heterocycles. The second-order valence-corrected chi connectivity index (χ2v) is 11.4. The van der Waals surface area contributed by atoms with Gasteiger partial charge in [0.15, 0.2) is 0 Å². The third kappa shape index (κ3) is 11.9. The number of hydrogen-bond donors (Lipinski definition) is 6. The van der Waals surface area contributed by atoms with E-state index in [1.807, 2.05) is 13.8 Å². The summed E-state index contributed by atoms with van der Waals surface area (Å²) in [6.45, 7) is 5.71. The monoisotopic (exact) mass is 569 g/mol. The van der Waals surface area contributed by atoms with Crippen molar-refractivity contribution in [1.29, 1.82) is 0 Å². The average Bonchev–Trinajstić information content (AvgIpc) is 2.90. The molecule has 4 amide bonds. The summed E-state index contributed by atoms with van der Waals surface area (Å²) in [5.41, 5.74) is 17.6. The second-order valence-electron chi connectivity index (χ2n) is 11.0. The number of unbranched alkanes of at least 4 members (excludes halogenated alkanes) is 1. The van der Waals surface area contributed by atoms with E-state index in [4.69, 9.17) is 17.2 Å². The Balaban J connectivity index is 3.02. The molecule has 12 heteroatoms. The van der Waals surface area contributed by atoms with Gasteiger partial charge in [0, 0.05) is 5.75 Å². The smallest absolute Gasteiger partial charge is 0.252 e. The lowest BCUT2D eigenvalue weighted by molar-refractivity contribution is -0.149. The molecular weight excluding hydrogens is 520 g/mol. The fourth-order valence-corrected chi connectivity index (χ4v) is 5.07. The number of amides is 4. The van der Waals surface area contributed by atoms with Crippen LogP contribution in [0.4, 0.5) is 0 Å². The number of nitrogens with one attached hydrogen (secondary N) is 2. The lowest BCUT2D eigenvalue weighted by Gasteiger charge is -2.33. The first-order valence-electron chi connectivity index (χ1n) is 14.1. The zero-order chi connectivity index (χ0) is 29.5. The van der Waals surface area contributed by atoms with Crippen molar-refractivity contribution < 1.29 is 24.0 Å². The van der Waals surface area contributed by atoms with E-state index in [0.717, 1.165) is 43.4 Å². The van der Waals surface area contributed by atoms with Crippen molar-refractivity contribution in [3.8, 4) is 0 Å². The van der Waals surface area contributed by atoms with Gasteiger partial charge in [-0.1, -0.05) is 52.4 Å². The Morgan fingerprint density at radius 3 is 2.13 bits per heavy atom. The van der Waals surface area contributed by atoms with E-state index < -0.39 is 53.8 Å². The van der Waals surface area contributed by atoms with Gasteiger partial charge in [0.05, 0.1) is 12.1 Å². The minimum Gasteiger partial charge on any atom is -0.343 e. The van der Waals surface area contributed by atoms with Gasteiger partial charge in [-0.3, -0.25) is 28.9 Å². The molecule has 1 rings (SSSR count). The molecule has 0 saturated heterocycles. The molecule has 5 atom stereocenters. The number of imide groups is 1. The van der Waals surface area contributed by atoms with Gasteiger partial charge in [0.25, 0.3) is 5.91 Å². The molecule has 0 heterocycles. The number of hydrogen-bond acceptors (Lipinski definition) is 9. The van der Waals surface area contributed by atoms with E-state index >= 15 is 0 Å². The van der Waals surface area contributed by atoms with Crippen molar-refractivity contribution in [1.82, 2.24) is 15.5 Å². The third-order valence-electron chi connectivity index (χ3n) is 7.10. The first kappa shape index (κ1) is 35.0. The maximum absolute atomic E-state index is 13.7. The highest BCUT2D eigenvalue weighted by Crippen LogP contribution is 2.27. The van der Waals surface area contributed by atoms with Crippen LogP contribution in [0.3, 0.4) is 0 Å². The van der Waals surface area contributed by atoms with Crippen molar-refractivity contribution in [3.05, 3.63) is 0 Å². The summed E-state index contributed by atoms with van der Waals surface area (Å²) < 4.78 is 0. The number of nitrogens with two attached hydrogens (primary N) is 3. The largest absolute Gasteiger partial charge is 0.343 e. The summed E-state index contributed by atoms with van der Waals surface area (Å²) >= 11 is 4.15. The molecule has 223 valence electrons. The van der Waals surface area contributed by atoms with Crippen LogP contribution in [0.2, 0.25) is 0 Å². The second kappa shape index (κ2) is 18.4. The predicted molar refractivity (Wildman–Crippen MR) is 154 cm³/mol. The Kier molecular flexibility index (Phi) is 16.5. The molecule has 1 aliphatic rings. The van der Waals surface area contributed by atoms with Gasteiger partial charge in [0.2, 0.25) is 24.0 Å². The van der Waals surface area contributed by atoms with Gasteiger partial charge in [-0.2, -0.15) is 12.6 Å². The van der Waals surface area contributed by atoms with Crippen LogP contribution in [0.25, 0.3) is 0 Å². The molecule has 1 fully saturated rings. The lowest BCUT2D eigenvalue weighted by atomic mass is 9.84. The van der Waals surface area contributed by atoms with Gasteiger partial charge in [-0.15, -0.1) is 0 Å². The molecule has 1 radical (unpaired) electrons. The van der Waals surface area contributed by atoms with Crippen molar-refractivity contribution in [2.24, 2.45) is 29.0 Å².